The van der Waals surface area contributed by atoms with E-state index in [-0.39, 0.29) is 11.9 Å². The van der Waals surface area contributed by atoms with Crippen LogP contribution in [-0.2, 0) is 4.79 Å². The highest BCUT2D eigenvalue weighted by atomic mass is 32.2. The Kier molecular flexibility index (Phi) is 6.15. The lowest BCUT2D eigenvalue weighted by Gasteiger charge is -2.13. The molecule has 0 spiro atoms. The van der Waals surface area contributed by atoms with E-state index < -0.39 is 0 Å². The Morgan fingerprint density at radius 1 is 1.35 bits per heavy atom. The number of nitrogens with one attached hydrogen (secondary N) is 1. The molecule has 1 heterocycles. The lowest BCUT2D eigenvalue weighted by Crippen LogP contribution is -2.33. The molecule has 1 unspecified atom stereocenters. The van der Waals surface area contributed by atoms with Crippen molar-refractivity contribution in [2.24, 2.45) is 0 Å². The molecule has 0 saturated heterocycles. The predicted molar refractivity (Wildman–Crippen MR) is 91.9 cm³/mol. The van der Waals surface area contributed by atoms with Crippen LogP contribution < -0.4 is 5.32 Å². The van der Waals surface area contributed by atoms with Gasteiger partial charge in [-0.05, 0) is 48.7 Å². The molecule has 0 fully saturated rings. The van der Waals surface area contributed by atoms with Crippen LogP contribution in [0.5, 0.6) is 0 Å². The summed E-state index contributed by atoms with van der Waals surface area (Å²) in [6.45, 7) is 8.18. The second kappa shape index (κ2) is 8.10. The highest BCUT2D eigenvalue weighted by Gasteiger charge is 2.15. The average molecular weight is 333 g/mol. The van der Waals surface area contributed by atoms with Crippen molar-refractivity contribution in [1.82, 2.24) is 25.5 Å². The lowest BCUT2D eigenvalue weighted by molar-refractivity contribution is -0.119. The summed E-state index contributed by atoms with van der Waals surface area (Å²) in [7, 11) is 0. The third kappa shape index (κ3) is 4.54. The van der Waals surface area contributed by atoms with Gasteiger partial charge in [0.05, 0.1) is 11.4 Å². The summed E-state index contributed by atoms with van der Waals surface area (Å²) in [5, 5.41) is 15.5. The molecule has 2 rings (SSSR count). The average Bonchev–Trinajstić information content (AvgIpc) is 2.93. The molecule has 0 aliphatic carbocycles. The summed E-state index contributed by atoms with van der Waals surface area (Å²) >= 11 is 1.35. The molecule has 0 radical (unpaired) electrons. The van der Waals surface area contributed by atoms with Crippen molar-refractivity contribution >= 4 is 17.7 Å². The molecular weight excluding hydrogens is 310 g/mol. The number of para-hydroxylation sites is 1. The van der Waals surface area contributed by atoms with Gasteiger partial charge in [-0.2, -0.15) is 4.68 Å². The first kappa shape index (κ1) is 17.5. The minimum atomic E-state index is 0.00649. The van der Waals surface area contributed by atoms with E-state index in [0.717, 1.165) is 29.7 Å². The van der Waals surface area contributed by atoms with Crippen molar-refractivity contribution < 1.29 is 4.79 Å². The summed E-state index contributed by atoms with van der Waals surface area (Å²) in [5.41, 5.74) is 3.17. The molecule has 1 aromatic heterocycles. The Hall–Kier alpha value is -1.89. The number of aromatic nitrogens is 4. The maximum atomic E-state index is 12.0. The zero-order valence-electron chi connectivity index (χ0n) is 14.0. The number of tetrazole rings is 1. The highest BCUT2D eigenvalue weighted by Crippen LogP contribution is 2.23. The summed E-state index contributed by atoms with van der Waals surface area (Å²) in [4.78, 5) is 12.0. The zero-order chi connectivity index (χ0) is 16.8. The largest absolute Gasteiger partial charge is 0.353 e. The number of amides is 1. The smallest absolute Gasteiger partial charge is 0.230 e. The van der Waals surface area contributed by atoms with Crippen molar-refractivity contribution in [2.75, 3.05) is 5.75 Å². The van der Waals surface area contributed by atoms with Gasteiger partial charge in [0, 0.05) is 6.04 Å². The first-order chi connectivity index (χ1) is 11.0. The number of benzene rings is 1. The summed E-state index contributed by atoms with van der Waals surface area (Å²) in [5.74, 6) is 0.311. The number of carbonyl (C=O) groups excluding carboxylic acids is 1. The van der Waals surface area contributed by atoms with Gasteiger partial charge in [0.1, 0.15) is 0 Å². The fourth-order valence-corrected chi connectivity index (χ4v) is 3.19. The number of rotatable bonds is 7. The number of hydrogen-bond donors (Lipinski definition) is 1. The molecule has 23 heavy (non-hydrogen) atoms. The van der Waals surface area contributed by atoms with E-state index >= 15 is 0 Å². The van der Waals surface area contributed by atoms with Gasteiger partial charge < -0.3 is 5.32 Å². The number of nitrogens with zero attached hydrogens (tertiary/aromatic N) is 4. The minimum absolute atomic E-state index is 0.00649. The van der Waals surface area contributed by atoms with Crippen molar-refractivity contribution in [3.05, 3.63) is 29.3 Å². The van der Waals surface area contributed by atoms with Gasteiger partial charge in [-0.25, -0.2) is 0 Å². The molecule has 0 bridgehead atoms. The second-order valence-corrected chi connectivity index (χ2v) is 6.60. The Morgan fingerprint density at radius 3 is 2.70 bits per heavy atom. The number of carbonyl (C=O) groups is 1. The minimum Gasteiger partial charge on any atom is -0.353 e. The zero-order valence-corrected chi connectivity index (χ0v) is 14.9. The van der Waals surface area contributed by atoms with Crippen LogP contribution in [0, 0.1) is 13.8 Å². The number of thioether (sulfide) groups is 1. The molecule has 2 aromatic rings. The van der Waals surface area contributed by atoms with Crippen LogP contribution in [0.2, 0.25) is 0 Å². The summed E-state index contributed by atoms with van der Waals surface area (Å²) in [6.07, 6.45) is 2.04. The highest BCUT2D eigenvalue weighted by molar-refractivity contribution is 7.99. The molecule has 1 aromatic carbocycles. The van der Waals surface area contributed by atoms with Crippen LogP contribution >= 0.6 is 11.8 Å². The lowest BCUT2D eigenvalue weighted by atomic mass is 10.1. The molecule has 0 aliphatic heterocycles. The van der Waals surface area contributed by atoms with E-state index in [9.17, 15) is 4.79 Å². The summed E-state index contributed by atoms with van der Waals surface area (Å²) in [6, 6.07) is 6.26. The standard InChI is InChI=1S/C16H23N5OS/c1-5-7-13(4)17-14(22)10-23-16-18-19-20-21(16)15-11(2)8-6-9-12(15)3/h6,8-9,13H,5,7,10H2,1-4H3,(H,17,22). The molecule has 1 N–H and O–H groups in total. The van der Waals surface area contributed by atoms with E-state index in [1.165, 1.54) is 11.8 Å². The van der Waals surface area contributed by atoms with Crippen molar-refractivity contribution in [2.45, 2.75) is 51.7 Å². The van der Waals surface area contributed by atoms with E-state index in [2.05, 4.69) is 27.8 Å². The van der Waals surface area contributed by atoms with Crippen LogP contribution in [-0.4, -0.2) is 37.9 Å². The van der Waals surface area contributed by atoms with Crippen LogP contribution in [0.4, 0.5) is 0 Å². The van der Waals surface area contributed by atoms with Gasteiger partial charge in [0.2, 0.25) is 11.1 Å². The molecule has 0 aliphatic rings. The Morgan fingerprint density at radius 2 is 2.04 bits per heavy atom. The third-order valence-electron chi connectivity index (χ3n) is 3.55. The van der Waals surface area contributed by atoms with Crippen LogP contribution in [0.15, 0.2) is 23.4 Å². The molecule has 7 heteroatoms. The van der Waals surface area contributed by atoms with Crippen LogP contribution in [0.3, 0.4) is 0 Å². The molecular formula is C16H23N5OS. The topological polar surface area (TPSA) is 72.7 Å². The Bertz CT molecular complexity index is 650. The second-order valence-electron chi connectivity index (χ2n) is 5.66. The van der Waals surface area contributed by atoms with Crippen LogP contribution in [0.25, 0.3) is 5.69 Å². The number of aryl methyl sites for hydroxylation is 2. The van der Waals surface area contributed by atoms with Crippen molar-refractivity contribution in [1.29, 1.82) is 0 Å². The Balaban J connectivity index is 2.06. The van der Waals surface area contributed by atoms with Gasteiger partial charge in [0.25, 0.3) is 0 Å². The normalized spacial score (nSPS) is 12.2. The maximum Gasteiger partial charge on any atom is 0.230 e. The molecule has 1 atom stereocenters. The van der Waals surface area contributed by atoms with E-state index in [1.54, 1.807) is 4.68 Å². The van der Waals surface area contributed by atoms with E-state index in [4.69, 9.17) is 0 Å². The van der Waals surface area contributed by atoms with Gasteiger partial charge >= 0.3 is 0 Å². The van der Waals surface area contributed by atoms with Crippen LogP contribution in [0.1, 0.15) is 37.8 Å². The van der Waals surface area contributed by atoms with Gasteiger partial charge in [-0.3, -0.25) is 4.79 Å². The fourth-order valence-electron chi connectivity index (χ4n) is 2.50. The SMILES string of the molecule is CCCC(C)NC(=O)CSc1nnnn1-c1c(C)cccc1C. The molecule has 0 saturated carbocycles. The van der Waals surface area contributed by atoms with Gasteiger partial charge in [-0.15, -0.1) is 5.10 Å². The van der Waals surface area contributed by atoms with E-state index in [1.807, 2.05) is 39.0 Å². The molecule has 1 amide bonds. The predicted octanol–water partition coefficient (Wildman–Crippen LogP) is 2.68. The molecule has 6 nitrogen and oxygen atoms in total. The fraction of sp³-hybridized carbons (Fsp3) is 0.500. The van der Waals surface area contributed by atoms with E-state index in [0.29, 0.717) is 10.9 Å². The number of hydrogen-bond acceptors (Lipinski definition) is 5. The first-order valence-electron chi connectivity index (χ1n) is 7.80. The van der Waals surface area contributed by atoms with Crippen molar-refractivity contribution in [3.63, 3.8) is 0 Å². The van der Waals surface area contributed by atoms with Gasteiger partial charge in [0.15, 0.2) is 0 Å². The summed E-state index contributed by atoms with van der Waals surface area (Å²) < 4.78 is 1.71. The first-order valence-corrected chi connectivity index (χ1v) is 8.78. The third-order valence-corrected chi connectivity index (χ3v) is 4.47. The quantitative estimate of drug-likeness (QED) is 0.789. The van der Waals surface area contributed by atoms with Gasteiger partial charge in [-0.1, -0.05) is 43.3 Å². The molecule has 124 valence electrons. The van der Waals surface area contributed by atoms with Crippen molar-refractivity contribution in [3.8, 4) is 5.69 Å². The monoisotopic (exact) mass is 333 g/mol. The Labute approximate surface area is 141 Å². The maximum absolute atomic E-state index is 12.0.